The van der Waals surface area contributed by atoms with Gasteiger partial charge < -0.3 is 5.32 Å². The van der Waals surface area contributed by atoms with Gasteiger partial charge in [-0.05, 0) is 23.8 Å². The van der Waals surface area contributed by atoms with E-state index >= 15 is 0 Å². The molecule has 1 aromatic carbocycles. The van der Waals surface area contributed by atoms with Crippen LogP contribution in [0.15, 0.2) is 46.8 Å². The number of thioether (sulfide) groups is 1. The third kappa shape index (κ3) is 3.75. The molecule has 0 bridgehead atoms. The normalized spacial score (nSPS) is 20.5. The second-order valence-electron chi connectivity index (χ2n) is 8.49. The lowest BCUT2D eigenvalue weighted by molar-refractivity contribution is -0.118. The first-order valence-electron chi connectivity index (χ1n) is 10.2. The first kappa shape index (κ1) is 19.2. The summed E-state index contributed by atoms with van der Waals surface area (Å²) in [5.74, 6) is 1.98. The number of unbranched alkanes of at least 4 members (excludes halogenated alkanes) is 2. The first-order chi connectivity index (χ1) is 13.5. The maximum absolute atomic E-state index is 13.1. The van der Waals surface area contributed by atoms with Crippen LogP contribution in [0.1, 0.15) is 64.5 Å². The van der Waals surface area contributed by atoms with E-state index in [1.54, 1.807) is 11.8 Å². The molecule has 4 rings (SSSR count). The van der Waals surface area contributed by atoms with E-state index in [4.69, 9.17) is 10.1 Å². The number of hydrogen-bond acceptors (Lipinski definition) is 5. The van der Waals surface area contributed by atoms with E-state index in [0.29, 0.717) is 6.42 Å². The van der Waals surface area contributed by atoms with Crippen LogP contribution in [0.3, 0.4) is 0 Å². The summed E-state index contributed by atoms with van der Waals surface area (Å²) >= 11 is 1.70. The molecular weight excluding hydrogens is 368 g/mol. The van der Waals surface area contributed by atoms with Crippen molar-refractivity contribution in [3.05, 3.63) is 47.2 Å². The Morgan fingerprint density at radius 1 is 1.21 bits per heavy atom. The SMILES string of the molecule is CCCCCSc1nc2n(n1)[C@@H](c1ccccc1)C1=C(CC(C)(C)CC1=O)N2. The molecule has 148 valence electrons. The quantitative estimate of drug-likeness (QED) is 0.536. The number of anilines is 1. The Bertz CT molecular complexity index is 901. The first-order valence-corrected chi connectivity index (χ1v) is 11.1. The minimum absolute atomic E-state index is 0.0376. The minimum atomic E-state index is -0.200. The van der Waals surface area contributed by atoms with E-state index in [-0.39, 0.29) is 17.2 Å². The zero-order chi connectivity index (χ0) is 19.7. The number of carbonyl (C=O) groups excluding carboxylic acids is 1. The molecule has 0 unspecified atom stereocenters. The molecule has 1 aliphatic heterocycles. The average molecular weight is 397 g/mol. The molecule has 1 aromatic heterocycles. The summed E-state index contributed by atoms with van der Waals surface area (Å²) < 4.78 is 1.91. The number of carbonyl (C=O) groups is 1. The van der Waals surface area contributed by atoms with E-state index in [2.05, 4.69) is 38.2 Å². The van der Waals surface area contributed by atoms with E-state index in [0.717, 1.165) is 40.1 Å². The molecule has 0 saturated heterocycles. The average Bonchev–Trinajstić information content (AvgIpc) is 3.05. The predicted molar refractivity (Wildman–Crippen MR) is 114 cm³/mol. The molecule has 0 spiro atoms. The molecule has 1 aliphatic carbocycles. The van der Waals surface area contributed by atoms with Gasteiger partial charge in [0.2, 0.25) is 11.1 Å². The fraction of sp³-hybridized carbons (Fsp3) is 0.500. The highest BCUT2D eigenvalue weighted by molar-refractivity contribution is 7.99. The van der Waals surface area contributed by atoms with Gasteiger partial charge in [-0.3, -0.25) is 4.79 Å². The molecular formula is C22H28N4OS. The van der Waals surface area contributed by atoms with Crippen molar-refractivity contribution >= 4 is 23.5 Å². The third-order valence-corrected chi connectivity index (χ3v) is 6.33. The van der Waals surface area contributed by atoms with Crippen molar-refractivity contribution in [3.8, 4) is 0 Å². The molecule has 0 radical (unpaired) electrons. The summed E-state index contributed by atoms with van der Waals surface area (Å²) in [6.45, 7) is 6.52. The summed E-state index contributed by atoms with van der Waals surface area (Å²) in [6.07, 6.45) is 5.02. The van der Waals surface area contributed by atoms with Crippen LogP contribution in [0.4, 0.5) is 5.95 Å². The number of nitrogens with zero attached hydrogens (tertiary/aromatic N) is 3. The molecule has 2 aliphatic rings. The molecule has 28 heavy (non-hydrogen) atoms. The summed E-state index contributed by atoms with van der Waals surface area (Å²) in [6, 6.07) is 9.99. The Labute approximate surface area is 171 Å². The van der Waals surface area contributed by atoms with Gasteiger partial charge in [0.05, 0.1) is 0 Å². The zero-order valence-electron chi connectivity index (χ0n) is 16.9. The molecule has 0 fully saturated rings. The van der Waals surface area contributed by atoms with Crippen molar-refractivity contribution in [3.63, 3.8) is 0 Å². The smallest absolute Gasteiger partial charge is 0.227 e. The number of allylic oxidation sites excluding steroid dienone is 2. The van der Waals surface area contributed by atoms with Crippen molar-refractivity contribution in [2.45, 2.75) is 64.1 Å². The minimum Gasteiger partial charge on any atom is -0.328 e. The van der Waals surface area contributed by atoms with Crippen LogP contribution >= 0.6 is 11.8 Å². The van der Waals surface area contributed by atoms with Crippen molar-refractivity contribution in [1.29, 1.82) is 0 Å². The van der Waals surface area contributed by atoms with Crippen LogP contribution in [0, 0.1) is 5.41 Å². The Hall–Kier alpha value is -2.08. The largest absolute Gasteiger partial charge is 0.328 e. The van der Waals surface area contributed by atoms with Gasteiger partial charge in [0.15, 0.2) is 5.78 Å². The maximum Gasteiger partial charge on any atom is 0.227 e. The summed E-state index contributed by atoms with van der Waals surface area (Å²) in [5.41, 5.74) is 2.91. The van der Waals surface area contributed by atoms with Crippen molar-refractivity contribution in [2.75, 3.05) is 11.1 Å². The number of hydrogen-bond donors (Lipinski definition) is 1. The van der Waals surface area contributed by atoms with Crippen molar-refractivity contribution < 1.29 is 4.79 Å². The molecule has 5 nitrogen and oxygen atoms in total. The van der Waals surface area contributed by atoms with Crippen molar-refractivity contribution in [1.82, 2.24) is 14.8 Å². The lowest BCUT2D eigenvalue weighted by Gasteiger charge is -2.38. The van der Waals surface area contributed by atoms with E-state index in [1.807, 2.05) is 22.9 Å². The zero-order valence-corrected chi connectivity index (χ0v) is 17.7. The fourth-order valence-electron chi connectivity index (χ4n) is 4.11. The fourth-order valence-corrected chi connectivity index (χ4v) is 4.94. The predicted octanol–water partition coefficient (Wildman–Crippen LogP) is 5.22. The number of Topliss-reactive ketones (excluding diaryl/α,β-unsaturated/α-hetero) is 1. The Balaban J connectivity index is 1.72. The summed E-state index contributed by atoms with van der Waals surface area (Å²) in [4.78, 5) is 17.9. The molecule has 2 aromatic rings. The van der Waals surface area contributed by atoms with Gasteiger partial charge in [0.25, 0.3) is 0 Å². The lowest BCUT2D eigenvalue weighted by Crippen LogP contribution is -2.36. The Morgan fingerprint density at radius 2 is 2.00 bits per heavy atom. The van der Waals surface area contributed by atoms with Gasteiger partial charge in [-0.1, -0.05) is 75.7 Å². The Kier molecular flexibility index (Phi) is 5.32. The lowest BCUT2D eigenvalue weighted by atomic mass is 9.73. The van der Waals surface area contributed by atoms with Crippen LogP contribution in [0.5, 0.6) is 0 Å². The van der Waals surface area contributed by atoms with Gasteiger partial charge in [-0.15, -0.1) is 5.10 Å². The van der Waals surface area contributed by atoms with Crippen LogP contribution in [0.25, 0.3) is 0 Å². The number of fused-ring (bicyclic) bond motifs is 1. The van der Waals surface area contributed by atoms with Crippen LogP contribution in [-0.4, -0.2) is 26.3 Å². The third-order valence-electron chi connectivity index (χ3n) is 5.41. The highest BCUT2D eigenvalue weighted by atomic mass is 32.2. The highest BCUT2D eigenvalue weighted by Crippen LogP contribution is 2.45. The molecule has 2 heterocycles. The van der Waals surface area contributed by atoms with Gasteiger partial charge in [-0.2, -0.15) is 4.98 Å². The van der Waals surface area contributed by atoms with Gasteiger partial charge >= 0.3 is 0 Å². The molecule has 0 saturated carbocycles. The molecule has 6 heteroatoms. The second-order valence-corrected chi connectivity index (χ2v) is 9.55. The number of nitrogens with one attached hydrogen (secondary N) is 1. The standard InChI is InChI=1S/C22H28N4OS/c1-4-5-9-12-28-21-24-20-23-16-13-22(2,3)14-17(27)18(16)19(26(20)25-21)15-10-7-6-8-11-15/h6-8,10-11,19H,4-5,9,12-14H2,1-3H3,(H,23,24,25)/t19-/m0/s1. The number of aromatic nitrogens is 3. The number of benzene rings is 1. The number of rotatable bonds is 6. The monoisotopic (exact) mass is 396 g/mol. The summed E-state index contributed by atoms with van der Waals surface area (Å²) in [5, 5.41) is 9.01. The maximum atomic E-state index is 13.1. The number of ketones is 1. The van der Waals surface area contributed by atoms with Gasteiger partial charge in [-0.25, -0.2) is 4.68 Å². The topological polar surface area (TPSA) is 59.8 Å². The molecule has 1 N–H and O–H groups in total. The van der Waals surface area contributed by atoms with Gasteiger partial charge in [0.1, 0.15) is 6.04 Å². The van der Waals surface area contributed by atoms with E-state index < -0.39 is 0 Å². The molecule has 1 atom stereocenters. The van der Waals surface area contributed by atoms with Gasteiger partial charge in [0, 0.05) is 23.4 Å². The van der Waals surface area contributed by atoms with Crippen LogP contribution < -0.4 is 5.32 Å². The van der Waals surface area contributed by atoms with Crippen molar-refractivity contribution in [2.24, 2.45) is 5.41 Å². The summed E-state index contributed by atoms with van der Waals surface area (Å²) in [7, 11) is 0. The highest BCUT2D eigenvalue weighted by Gasteiger charge is 2.41. The van der Waals surface area contributed by atoms with Crippen LogP contribution in [0.2, 0.25) is 0 Å². The molecule has 0 amide bonds. The van der Waals surface area contributed by atoms with E-state index in [9.17, 15) is 4.79 Å². The van der Waals surface area contributed by atoms with Crippen LogP contribution in [-0.2, 0) is 4.79 Å². The Morgan fingerprint density at radius 3 is 2.75 bits per heavy atom. The van der Waals surface area contributed by atoms with E-state index in [1.165, 1.54) is 19.3 Å². The second kappa shape index (κ2) is 7.74.